The van der Waals surface area contributed by atoms with Gasteiger partial charge in [-0.3, -0.25) is 4.79 Å². The number of nitrogens with one attached hydrogen (secondary N) is 2. The highest BCUT2D eigenvalue weighted by atomic mass is 16.5. The molecular formula is C27H32N2O5. The Morgan fingerprint density at radius 1 is 1.00 bits per heavy atom. The number of carboxylic acid groups (broad SMARTS) is 1. The van der Waals surface area contributed by atoms with Gasteiger partial charge in [0.2, 0.25) is 5.91 Å². The molecule has 2 aromatic rings. The third-order valence-electron chi connectivity index (χ3n) is 6.89. The second-order valence-corrected chi connectivity index (χ2v) is 9.74. The molecule has 1 saturated carbocycles. The molecule has 0 spiro atoms. The average Bonchev–Trinajstić information content (AvgIpc) is 3.41. The van der Waals surface area contributed by atoms with Crippen LogP contribution >= 0.6 is 0 Å². The molecule has 2 aromatic carbocycles. The van der Waals surface area contributed by atoms with Gasteiger partial charge in [0.05, 0.1) is 0 Å². The molecule has 0 saturated heterocycles. The Hall–Kier alpha value is -3.35. The highest BCUT2D eigenvalue weighted by Gasteiger charge is 2.44. The molecule has 4 rings (SSSR count). The first kappa shape index (κ1) is 23.8. The van der Waals surface area contributed by atoms with Crippen LogP contribution in [0.25, 0.3) is 11.1 Å². The number of aliphatic carboxylic acids is 1. The van der Waals surface area contributed by atoms with Crippen molar-refractivity contribution in [1.29, 1.82) is 0 Å². The van der Waals surface area contributed by atoms with E-state index in [-0.39, 0.29) is 18.4 Å². The van der Waals surface area contributed by atoms with Crippen LogP contribution in [0.1, 0.15) is 63.0 Å². The van der Waals surface area contributed by atoms with Gasteiger partial charge in [0.25, 0.3) is 0 Å². The number of benzene rings is 2. The molecule has 0 aliphatic heterocycles. The fourth-order valence-corrected chi connectivity index (χ4v) is 5.18. The third kappa shape index (κ3) is 4.79. The van der Waals surface area contributed by atoms with Gasteiger partial charge in [-0.25, -0.2) is 9.59 Å². The number of fused-ring (bicyclic) bond motifs is 3. The van der Waals surface area contributed by atoms with E-state index in [9.17, 15) is 19.5 Å². The minimum Gasteiger partial charge on any atom is -0.480 e. The summed E-state index contributed by atoms with van der Waals surface area (Å²) in [5.41, 5.74) is 3.24. The van der Waals surface area contributed by atoms with E-state index in [1.54, 1.807) is 0 Å². The first-order valence-electron chi connectivity index (χ1n) is 12.0. The quantitative estimate of drug-likeness (QED) is 0.535. The molecule has 0 radical (unpaired) electrons. The van der Waals surface area contributed by atoms with Crippen LogP contribution in [0.3, 0.4) is 0 Å². The average molecular weight is 465 g/mol. The summed E-state index contributed by atoms with van der Waals surface area (Å²) in [4.78, 5) is 37.6. The van der Waals surface area contributed by atoms with Crippen LogP contribution < -0.4 is 10.6 Å². The van der Waals surface area contributed by atoms with Gasteiger partial charge < -0.3 is 20.5 Å². The molecule has 34 heavy (non-hydrogen) atoms. The molecule has 1 atom stereocenters. The molecule has 3 N–H and O–H groups in total. The first-order chi connectivity index (χ1) is 16.3. The summed E-state index contributed by atoms with van der Waals surface area (Å²) in [5, 5.41) is 15.1. The van der Waals surface area contributed by atoms with E-state index in [4.69, 9.17) is 4.74 Å². The number of carboxylic acids is 1. The molecule has 2 amide bonds. The predicted octanol–water partition coefficient (Wildman–Crippen LogP) is 4.45. The zero-order chi connectivity index (χ0) is 24.3. The maximum Gasteiger partial charge on any atom is 0.407 e. The Labute approximate surface area is 199 Å². The second kappa shape index (κ2) is 9.87. The van der Waals surface area contributed by atoms with E-state index in [0.717, 1.165) is 35.1 Å². The summed E-state index contributed by atoms with van der Waals surface area (Å²) in [6.07, 6.45) is 1.99. The summed E-state index contributed by atoms with van der Waals surface area (Å²) < 4.78 is 5.60. The van der Waals surface area contributed by atoms with E-state index in [1.165, 1.54) is 0 Å². The standard InChI is InChI=1S/C27H32N2O5/c1-17(2)15-23(24(30)29-27(25(31)32)13-7-8-14-27)28-26(33)34-16-22-20-11-5-3-9-18(20)19-10-4-6-12-21(19)22/h3-6,9-12,17,22-23H,7-8,13-16H2,1-2H3,(H,28,33)(H,29,30)(H,31,32)/t23-/m0/s1. The Morgan fingerprint density at radius 2 is 1.56 bits per heavy atom. The summed E-state index contributed by atoms with van der Waals surface area (Å²) in [6.45, 7) is 4.04. The minimum atomic E-state index is -1.25. The Kier molecular flexibility index (Phi) is 6.91. The van der Waals surface area contributed by atoms with E-state index < -0.39 is 29.6 Å². The molecule has 2 aliphatic rings. The molecule has 2 aliphatic carbocycles. The lowest BCUT2D eigenvalue weighted by Crippen LogP contribution is -2.58. The third-order valence-corrected chi connectivity index (χ3v) is 6.89. The van der Waals surface area contributed by atoms with Crippen LogP contribution in [-0.4, -0.2) is 41.3 Å². The number of carbonyl (C=O) groups excluding carboxylic acids is 2. The van der Waals surface area contributed by atoms with Crippen molar-refractivity contribution in [1.82, 2.24) is 10.6 Å². The molecule has 7 nitrogen and oxygen atoms in total. The Morgan fingerprint density at radius 3 is 2.09 bits per heavy atom. The maximum absolute atomic E-state index is 13.0. The predicted molar refractivity (Wildman–Crippen MR) is 128 cm³/mol. The van der Waals surface area contributed by atoms with Crippen molar-refractivity contribution in [2.45, 2.75) is 63.5 Å². The number of ether oxygens (including phenoxy) is 1. The molecule has 0 unspecified atom stereocenters. The van der Waals surface area contributed by atoms with Crippen LogP contribution in [0.4, 0.5) is 4.79 Å². The van der Waals surface area contributed by atoms with Crippen LogP contribution in [0.5, 0.6) is 0 Å². The molecule has 0 bridgehead atoms. The zero-order valence-corrected chi connectivity index (χ0v) is 19.7. The van der Waals surface area contributed by atoms with Gasteiger partial charge in [-0.2, -0.15) is 0 Å². The van der Waals surface area contributed by atoms with Crippen molar-refractivity contribution in [2.24, 2.45) is 5.92 Å². The highest BCUT2D eigenvalue weighted by molar-refractivity contribution is 5.91. The molecular weight excluding hydrogens is 432 g/mol. The molecule has 0 aromatic heterocycles. The number of hydrogen-bond acceptors (Lipinski definition) is 4. The molecule has 1 fully saturated rings. The van der Waals surface area contributed by atoms with Gasteiger partial charge in [-0.1, -0.05) is 75.2 Å². The second-order valence-electron chi connectivity index (χ2n) is 9.74. The fourth-order valence-electron chi connectivity index (χ4n) is 5.18. The van der Waals surface area contributed by atoms with Crippen LogP contribution in [0.2, 0.25) is 0 Å². The van der Waals surface area contributed by atoms with E-state index in [1.807, 2.05) is 50.2 Å². The number of rotatable bonds is 8. The zero-order valence-electron chi connectivity index (χ0n) is 19.7. The van der Waals surface area contributed by atoms with Gasteiger partial charge in [0.15, 0.2) is 0 Å². The highest BCUT2D eigenvalue weighted by Crippen LogP contribution is 2.44. The summed E-state index contributed by atoms with van der Waals surface area (Å²) in [6, 6.07) is 15.3. The van der Waals surface area contributed by atoms with Gasteiger partial charge in [0.1, 0.15) is 18.2 Å². The lowest BCUT2D eigenvalue weighted by Gasteiger charge is -2.29. The maximum atomic E-state index is 13.0. The van der Waals surface area contributed by atoms with Crippen LogP contribution in [0.15, 0.2) is 48.5 Å². The summed E-state index contributed by atoms with van der Waals surface area (Å²) >= 11 is 0. The SMILES string of the molecule is CC(C)C[C@H](NC(=O)OCC1c2ccccc2-c2ccccc21)C(=O)NC1(C(=O)O)CCCC1. The van der Waals surface area contributed by atoms with E-state index >= 15 is 0 Å². The largest absolute Gasteiger partial charge is 0.480 e. The van der Waals surface area contributed by atoms with Crippen molar-refractivity contribution in [2.75, 3.05) is 6.61 Å². The normalized spacial score (nSPS) is 17.0. The van der Waals surface area contributed by atoms with Gasteiger partial charge in [-0.05, 0) is 47.4 Å². The summed E-state index contributed by atoms with van der Waals surface area (Å²) in [5.74, 6) is -1.47. The van der Waals surface area contributed by atoms with E-state index in [2.05, 4.69) is 22.8 Å². The first-order valence-corrected chi connectivity index (χ1v) is 12.0. The van der Waals surface area contributed by atoms with Crippen LogP contribution in [-0.2, 0) is 14.3 Å². The minimum absolute atomic E-state index is 0.0794. The van der Waals surface area contributed by atoms with Gasteiger partial charge in [0, 0.05) is 5.92 Å². The van der Waals surface area contributed by atoms with Gasteiger partial charge >= 0.3 is 12.1 Å². The number of alkyl carbamates (subject to hydrolysis) is 1. The molecule has 7 heteroatoms. The topological polar surface area (TPSA) is 105 Å². The van der Waals surface area contributed by atoms with Crippen LogP contribution in [0, 0.1) is 5.92 Å². The van der Waals surface area contributed by atoms with Crippen molar-refractivity contribution in [3.05, 3.63) is 59.7 Å². The number of carbonyl (C=O) groups is 3. The lowest BCUT2D eigenvalue weighted by atomic mass is 9.96. The monoisotopic (exact) mass is 464 g/mol. The molecule has 180 valence electrons. The summed E-state index contributed by atoms with van der Waals surface area (Å²) in [7, 11) is 0. The van der Waals surface area contributed by atoms with Gasteiger partial charge in [-0.15, -0.1) is 0 Å². The lowest BCUT2D eigenvalue weighted by molar-refractivity contribution is -0.147. The van der Waals surface area contributed by atoms with Crippen molar-refractivity contribution < 1.29 is 24.2 Å². The number of amides is 2. The van der Waals surface area contributed by atoms with Crippen molar-refractivity contribution >= 4 is 18.0 Å². The smallest absolute Gasteiger partial charge is 0.407 e. The Bertz CT molecular complexity index is 1030. The van der Waals surface area contributed by atoms with Crippen molar-refractivity contribution in [3.63, 3.8) is 0 Å². The molecule has 0 heterocycles. The Balaban J connectivity index is 1.43. The number of hydrogen-bond donors (Lipinski definition) is 3. The van der Waals surface area contributed by atoms with E-state index in [0.29, 0.717) is 19.3 Å². The van der Waals surface area contributed by atoms with Crippen molar-refractivity contribution in [3.8, 4) is 11.1 Å². The fraction of sp³-hybridized carbons (Fsp3) is 0.444.